The molecule has 1 aliphatic carbocycles. The lowest BCUT2D eigenvalue weighted by molar-refractivity contribution is 0.0889. The average molecular weight is 268 g/mol. The lowest BCUT2D eigenvalue weighted by Gasteiger charge is -2.20. The van der Waals surface area contributed by atoms with Gasteiger partial charge in [0.25, 0.3) is 0 Å². The smallest absolute Gasteiger partial charge is 0.165 e. The second kappa shape index (κ2) is 5.66. The first kappa shape index (κ1) is 13.2. The van der Waals surface area contributed by atoms with E-state index in [1.807, 2.05) is 36.4 Å². The molecule has 2 aromatic carbocycles. The van der Waals surface area contributed by atoms with Gasteiger partial charge in [0.15, 0.2) is 5.78 Å². The molecule has 0 spiro atoms. The van der Waals surface area contributed by atoms with Crippen molar-refractivity contribution in [1.82, 2.24) is 0 Å². The second-order valence-electron chi connectivity index (χ2n) is 5.63. The first-order valence-corrected chi connectivity index (χ1v) is 7.40. The van der Waals surface area contributed by atoms with Crippen molar-refractivity contribution in [1.29, 1.82) is 0 Å². The predicted octanol–water partition coefficient (Wildman–Crippen LogP) is 4.61. The molecule has 1 aliphatic rings. The van der Waals surface area contributed by atoms with Gasteiger partial charge in [0.05, 0.1) is 7.11 Å². The molecule has 2 aromatic rings. The Hall–Kier alpha value is -1.83. The van der Waals surface area contributed by atoms with Crippen LogP contribution in [0.2, 0.25) is 0 Å². The van der Waals surface area contributed by atoms with Crippen LogP contribution in [0.5, 0.6) is 5.75 Å². The van der Waals surface area contributed by atoms with Crippen LogP contribution in [0.15, 0.2) is 36.4 Å². The van der Waals surface area contributed by atoms with Crippen LogP contribution in [0.3, 0.4) is 0 Å². The summed E-state index contributed by atoms with van der Waals surface area (Å²) in [4.78, 5) is 12.5. The quantitative estimate of drug-likeness (QED) is 0.760. The number of carbonyl (C=O) groups is 1. The zero-order valence-electron chi connectivity index (χ0n) is 11.9. The van der Waals surface area contributed by atoms with E-state index < -0.39 is 0 Å². The van der Waals surface area contributed by atoms with Gasteiger partial charge in [-0.3, -0.25) is 4.79 Å². The third-order valence-electron chi connectivity index (χ3n) is 4.31. The molecule has 0 N–H and O–H groups in total. The van der Waals surface area contributed by atoms with E-state index in [1.165, 1.54) is 19.3 Å². The van der Waals surface area contributed by atoms with Gasteiger partial charge < -0.3 is 4.74 Å². The zero-order valence-corrected chi connectivity index (χ0v) is 11.9. The number of Topliss-reactive ketones (excluding diaryl/α,β-unsaturated/α-hetero) is 1. The molecule has 1 saturated carbocycles. The molecule has 3 rings (SSSR count). The van der Waals surface area contributed by atoms with E-state index >= 15 is 0 Å². The van der Waals surface area contributed by atoms with E-state index in [0.29, 0.717) is 5.78 Å². The molecular formula is C18H20O2. The first-order chi connectivity index (χ1) is 9.78. The number of hydrogen-bond donors (Lipinski definition) is 0. The maximum atomic E-state index is 12.5. The molecule has 0 unspecified atom stereocenters. The van der Waals surface area contributed by atoms with Crippen LogP contribution >= 0.6 is 0 Å². The summed E-state index contributed by atoms with van der Waals surface area (Å²) < 4.78 is 5.23. The Morgan fingerprint density at radius 2 is 1.70 bits per heavy atom. The fourth-order valence-corrected chi connectivity index (χ4v) is 3.10. The van der Waals surface area contributed by atoms with Gasteiger partial charge in [-0.15, -0.1) is 0 Å². The number of benzene rings is 2. The monoisotopic (exact) mass is 268 g/mol. The van der Waals surface area contributed by atoms with Gasteiger partial charge in [-0.1, -0.05) is 37.5 Å². The topological polar surface area (TPSA) is 26.3 Å². The summed E-state index contributed by atoms with van der Waals surface area (Å²) in [5, 5.41) is 2.22. The van der Waals surface area contributed by atoms with Crippen molar-refractivity contribution in [2.24, 2.45) is 5.92 Å². The Kier molecular flexibility index (Phi) is 3.72. The van der Waals surface area contributed by atoms with E-state index in [9.17, 15) is 4.79 Å². The van der Waals surface area contributed by atoms with E-state index in [-0.39, 0.29) is 5.92 Å². The van der Waals surface area contributed by atoms with Gasteiger partial charge in [-0.2, -0.15) is 0 Å². The highest BCUT2D eigenvalue weighted by molar-refractivity contribution is 6.01. The van der Waals surface area contributed by atoms with Crippen molar-refractivity contribution in [3.05, 3.63) is 42.0 Å². The van der Waals surface area contributed by atoms with E-state index in [1.54, 1.807) is 7.11 Å². The molecule has 0 saturated heterocycles. The lowest BCUT2D eigenvalue weighted by atomic mass is 9.83. The van der Waals surface area contributed by atoms with Gasteiger partial charge >= 0.3 is 0 Å². The first-order valence-electron chi connectivity index (χ1n) is 7.40. The van der Waals surface area contributed by atoms with Crippen molar-refractivity contribution in [3.8, 4) is 5.75 Å². The van der Waals surface area contributed by atoms with Crippen molar-refractivity contribution < 1.29 is 9.53 Å². The molecule has 1 fully saturated rings. The molecular weight excluding hydrogens is 248 g/mol. The van der Waals surface area contributed by atoms with Crippen LogP contribution in [0, 0.1) is 5.92 Å². The summed E-state index contributed by atoms with van der Waals surface area (Å²) in [6.45, 7) is 0. The average Bonchev–Trinajstić information content (AvgIpc) is 2.54. The molecule has 104 valence electrons. The van der Waals surface area contributed by atoms with Gasteiger partial charge in [0.2, 0.25) is 0 Å². The number of ketones is 1. The van der Waals surface area contributed by atoms with Crippen molar-refractivity contribution >= 4 is 16.6 Å². The molecule has 0 bridgehead atoms. The van der Waals surface area contributed by atoms with E-state index in [2.05, 4.69) is 0 Å². The minimum absolute atomic E-state index is 0.236. The maximum absolute atomic E-state index is 12.5. The number of ether oxygens (including phenoxy) is 1. The third-order valence-corrected chi connectivity index (χ3v) is 4.31. The maximum Gasteiger partial charge on any atom is 0.165 e. The molecule has 0 radical (unpaired) electrons. The minimum atomic E-state index is 0.236. The van der Waals surface area contributed by atoms with Crippen LogP contribution in [-0.2, 0) is 0 Å². The Morgan fingerprint density at radius 1 is 1.00 bits per heavy atom. The molecule has 2 heteroatoms. The molecule has 0 aromatic heterocycles. The highest BCUT2D eigenvalue weighted by Crippen LogP contribution is 2.28. The van der Waals surface area contributed by atoms with Crippen molar-refractivity contribution in [2.75, 3.05) is 7.11 Å². The Labute approximate surface area is 119 Å². The van der Waals surface area contributed by atoms with Gasteiger partial charge in [0, 0.05) is 11.5 Å². The van der Waals surface area contributed by atoms with Crippen LogP contribution in [0.1, 0.15) is 42.5 Å². The van der Waals surface area contributed by atoms with Crippen molar-refractivity contribution in [3.63, 3.8) is 0 Å². The van der Waals surface area contributed by atoms with Crippen LogP contribution in [0.4, 0.5) is 0 Å². The van der Waals surface area contributed by atoms with E-state index in [0.717, 1.165) is 34.9 Å². The zero-order chi connectivity index (χ0) is 13.9. The minimum Gasteiger partial charge on any atom is -0.497 e. The molecule has 0 atom stereocenters. The molecule has 0 amide bonds. The number of rotatable bonds is 3. The number of fused-ring (bicyclic) bond motifs is 1. The Balaban J connectivity index is 1.90. The SMILES string of the molecule is COc1ccc2cc(C(=O)C3CCCCC3)ccc2c1. The standard InChI is InChI=1S/C18H20O2/c1-20-17-10-9-14-11-16(8-7-15(14)12-17)18(19)13-5-3-2-4-6-13/h7-13H,2-6H2,1H3. The third kappa shape index (κ3) is 2.55. The van der Waals surface area contributed by atoms with Crippen LogP contribution in [0.25, 0.3) is 10.8 Å². The number of carbonyl (C=O) groups excluding carboxylic acids is 1. The highest BCUT2D eigenvalue weighted by atomic mass is 16.5. The lowest BCUT2D eigenvalue weighted by Crippen LogP contribution is -2.17. The van der Waals surface area contributed by atoms with E-state index in [4.69, 9.17) is 4.74 Å². The summed E-state index contributed by atoms with van der Waals surface area (Å²) in [6.07, 6.45) is 5.78. The molecule has 20 heavy (non-hydrogen) atoms. The van der Waals surface area contributed by atoms with Crippen molar-refractivity contribution in [2.45, 2.75) is 32.1 Å². The summed E-state index contributed by atoms with van der Waals surface area (Å²) in [6, 6.07) is 12.0. The summed E-state index contributed by atoms with van der Waals surface area (Å²) >= 11 is 0. The normalized spacial score (nSPS) is 16.2. The van der Waals surface area contributed by atoms with Crippen LogP contribution in [-0.4, -0.2) is 12.9 Å². The highest BCUT2D eigenvalue weighted by Gasteiger charge is 2.22. The molecule has 0 heterocycles. The molecule has 2 nitrogen and oxygen atoms in total. The molecule has 0 aliphatic heterocycles. The predicted molar refractivity (Wildman–Crippen MR) is 81.4 cm³/mol. The fraction of sp³-hybridized carbons (Fsp3) is 0.389. The fourth-order valence-electron chi connectivity index (χ4n) is 3.10. The Bertz CT molecular complexity index is 624. The summed E-state index contributed by atoms with van der Waals surface area (Å²) in [5.41, 5.74) is 0.856. The largest absolute Gasteiger partial charge is 0.497 e. The van der Waals surface area contributed by atoms with Crippen LogP contribution < -0.4 is 4.74 Å². The summed E-state index contributed by atoms with van der Waals surface area (Å²) in [5.74, 6) is 1.41. The van der Waals surface area contributed by atoms with Gasteiger partial charge in [-0.05, 0) is 41.8 Å². The number of hydrogen-bond acceptors (Lipinski definition) is 2. The second-order valence-corrected chi connectivity index (χ2v) is 5.63. The van der Waals surface area contributed by atoms with Gasteiger partial charge in [0.1, 0.15) is 5.75 Å². The Morgan fingerprint density at radius 3 is 2.45 bits per heavy atom. The summed E-state index contributed by atoms with van der Waals surface area (Å²) in [7, 11) is 1.67. The number of methoxy groups -OCH3 is 1. The van der Waals surface area contributed by atoms with Gasteiger partial charge in [-0.25, -0.2) is 0 Å².